The average Bonchev–Trinajstić information content (AvgIpc) is 2.86. The molecule has 0 aliphatic carbocycles. The van der Waals surface area contributed by atoms with Gasteiger partial charge >= 0.3 is 0 Å². The molecule has 1 aromatic carbocycles. The molecule has 0 aliphatic rings. The highest BCUT2D eigenvalue weighted by Crippen LogP contribution is 2.16. The van der Waals surface area contributed by atoms with Gasteiger partial charge in [0.25, 0.3) is 5.56 Å². The molecule has 2 aromatic heterocycles. The zero-order chi connectivity index (χ0) is 13.4. The van der Waals surface area contributed by atoms with Gasteiger partial charge in [-0.3, -0.25) is 9.36 Å². The first kappa shape index (κ1) is 11.9. The molecule has 0 spiro atoms. The Balaban J connectivity index is 2.08. The summed E-state index contributed by atoms with van der Waals surface area (Å²) in [5.41, 5.74) is 6.66. The second kappa shape index (κ2) is 4.47. The van der Waals surface area contributed by atoms with Crippen LogP contribution in [0.2, 0.25) is 0 Å². The number of benzene rings is 1. The highest BCUT2D eigenvalue weighted by atomic mass is 32.1. The van der Waals surface area contributed by atoms with Gasteiger partial charge in [-0.2, -0.15) is 0 Å². The Morgan fingerprint density at radius 2 is 2.21 bits per heavy atom. The third-order valence-corrected chi connectivity index (χ3v) is 3.72. The number of anilines is 1. The minimum Gasteiger partial charge on any atom is -0.398 e. The minimum absolute atomic E-state index is 0.144. The van der Waals surface area contributed by atoms with Crippen molar-refractivity contribution in [3.63, 3.8) is 0 Å². The standard InChI is InChI=1S/C13H10FN3OS/c14-9-1-2-11(15)8(5-9)6-17-7-16-12-10(13(17)18)3-4-19-12/h1-5,7H,6,15H2. The lowest BCUT2D eigenvalue weighted by atomic mass is 10.1. The molecule has 0 unspecified atom stereocenters. The van der Waals surface area contributed by atoms with Crippen LogP contribution in [0.1, 0.15) is 5.56 Å². The summed E-state index contributed by atoms with van der Waals surface area (Å²) in [6, 6.07) is 5.86. The lowest BCUT2D eigenvalue weighted by Crippen LogP contribution is -2.21. The Hall–Kier alpha value is -2.21. The summed E-state index contributed by atoms with van der Waals surface area (Å²) in [5, 5.41) is 2.39. The van der Waals surface area contributed by atoms with E-state index in [1.807, 2.05) is 5.38 Å². The SMILES string of the molecule is Nc1ccc(F)cc1Cn1cnc2sccc2c1=O. The van der Waals surface area contributed by atoms with Gasteiger partial charge in [-0.15, -0.1) is 11.3 Å². The first-order valence-corrected chi connectivity index (χ1v) is 6.49. The number of hydrogen-bond donors (Lipinski definition) is 1. The zero-order valence-corrected chi connectivity index (χ0v) is 10.7. The van der Waals surface area contributed by atoms with Gasteiger partial charge in [0.1, 0.15) is 10.6 Å². The smallest absolute Gasteiger partial charge is 0.262 e. The summed E-state index contributed by atoms with van der Waals surface area (Å²) in [4.78, 5) is 17.1. The molecule has 6 heteroatoms. The molecule has 3 rings (SSSR count). The maximum Gasteiger partial charge on any atom is 0.262 e. The number of rotatable bonds is 2. The first-order valence-electron chi connectivity index (χ1n) is 5.62. The van der Waals surface area contributed by atoms with Gasteiger partial charge in [0.05, 0.1) is 18.3 Å². The largest absolute Gasteiger partial charge is 0.398 e. The number of aromatic nitrogens is 2. The number of fused-ring (bicyclic) bond motifs is 1. The van der Waals surface area contributed by atoms with E-state index in [4.69, 9.17) is 5.73 Å². The molecule has 4 nitrogen and oxygen atoms in total. The molecule has 0 radical (unpaired) electrons. The minimum atomic E-state index is -0.373. The molecule has 0 bridgehead atoms. The van der Waals surface area contributed by atoms with Crippen molar-refractivity contribution in [1.82, 2.24) is 9.55 Å². The van der Waals surface area contributed by atoms with Crippen LogP contribution in [-0.4, -0.2) is 9.55 Å². The van der Waals surface area contributed by atoms with Gasteiger partial charge in [0.15, 0.2) is 0 Å². The molecule has 0 amide bonds. The Morgan fingerprint density at radius 3 is 3.05 bits per heavy atom. The van der Waals surface area contributed by atoms with E-state index in [0.717, 1.165) is 0 Å². The molecule has 0 saturated heterocycles. The lowest BCUT2D eigenvalue weighted by molar-refractivity contribution is 0.623. The molecule has 2 N–H and O–H groups in total. The van der Waals surface area contributed by atoms with Crippen LogP contribution in [0.15, 0.2) is 40.8 Å². The van der Waals surface area contributed by atoms with Crippen molar-refractivity contribution >= 4 is 27.2 Å². The van der Waals surface area contributed by atoms with E-state index < -0.39 is 0 Å². The molecular formula is C13H10FN3OS. The molecule has 0 fully saturated rings. The second-order valence-corrected chi connectivity index (χ2v) is 5.05. The van der Waals surface area contributed by atoms with Gasteiger partial charge in [-0.1, -0.05) is 0 Å². The van der Waals surface area contributed by atoms with Crippen LogP contribution in [0, 0.1) is 5.82 Å². The van der Waals surface area contributed by atoms with Crippen molar-refractivity contribution in [3.05, 3.63) is 57.7 Å². The van der Waals surface area contributed by atoms with Crippen molar-refractivity contribution in [2.45, 2.75) is 6.54 Å². The molecular weight excluding hydrogens is 265 g/mol. The number of nitrogens with two attached hydrogens (primary N) is 1. The summed E-state index contributed by atoms with van der Waals surface area (Å²) in [5.74, 6) is -0.373. The van der Waals surface area contributed by atoms with Gasteiger partial charge in [-0.05, 0) is 35.2 Å². The number of hydrogen-bond acceptors (Lipinski definition) is 4. The van der Waals surface area contributed by atoms with Gasteiger partial charge in [0, 0.05) is 5.69 Å². The van der Waals surface area contributed by atoms with Crippen LogP contribution in [0.4, 0.5) is 10.1 Å². The third-order valence-electron chi connectivity index (χ3n) is 2.90. The van der Waals surface area contributed by atoms with E-state index in [9.17, 15) is 9.18 Å². The topological polar surface area (TPSA) is 60.9 Å². The first-order chi connectivity index (χ1) is 9.15. The third kappa shape index (κ3) is 2.10. The summed E-state index contributed by atoms with van der Waals surface area (Å²) >= 11 is 1.41. The number of nitrogens with zero attached hydrogens (tertiary/aromatic N) is 2. The summed E-state index contributed by atoms with van der Waals surface area (Å²) in [6.07, 6.45) is 1.46. The summed E-state index contributed by atoms with van der Waals surface area (Å²) in [7, 11) is 0. The quantitative estimate of drug-likeness (QED) is 0.729. The van der Waals surface area contributed by atoms with Crippen LogP contribution in [0.3, 0.4) is 0 Å². The van der Waals surface area contributed by atoms with Crippen LogP contribution < -0.4 is 11.3 Å². The highest BCUT2D eigenvalue weighted by molar-refractivity contribution is 7.16. The number of thiophene rings is 1. The predicted octanol–water partition coefficient (Wildman–Crippen LogP) is 2.23. The van der Waals surface area contributed by atoms with Gasteiger partial charge in [0.2, 0.25) is 0 Å². The highest BCUT2D eigenvalue weighted by Gasteiger charge is 2.07. The Bertz CT molecular complexity index is 809. The average molecular weight is 275 g/mol. The Morgan fingerprint density at radius 1 is 1.37 bits per heavy atom. The normalized spacial score (nSPS) is 11.0. The van der Waals surface area contributed by atoms with E-state index in [1.165, 1.54) is 40.4 Å². The van der Waals surface area contributed by atoms with Crippen LogP contribution in [0.5, 0.6) is 0 Å². The molecule has 96 valence electrons. The van der Waals surface area contributed by atoms with Gasteiger partial charge in [-0.25, -0.2) is 9.37 Å². The predicted molar refractivity (Wildman–Crippen MR) is 73.8 cm³/mol. The lowest BCUT2D eigenvalue weighted by Gasteiger charge is -2.08. The number of halogens is 1. The fraction of sp³-hybridized carbons (Fsp3) is 0.0769. The van der Waals surface area contributed by atoms with Crippen LogP contribution >= 0.6 is 11.3 Å². The molecule has 3 aromatic rings. The molecule has 0 atom stereocenters. The van der Waals surface area contributed by atoms with E-state index >= 15 is 0 Å². The van der Waals surface area contributed by atoms with E-state index in [2.05, 4.69) is 4.98 Å². The monoisotopic (exact) mass is 275 g/mol. The zero-order valence-electron chi connectivity index (χ0n) is 9.84. The Labute approximate surface area is 111 Å². The maximum absolute atomic E-state index is 13.2. The fourth-order valence-electron chi connectivity index (χ4n) is 1.90. The molecule has 0 saturated carbocycles. The van der Waals surface area contributed by atoms with E-state index in [1.54, 1.807) is 6.07 Å². The van der Waals surface area contributed by atoms with Crippen LogP contribution in [-0.2, 0) is 6.54 Å². The van der Waals surface area contributed by atoms with E-state index in [-0.39, 0.29) is 17.9 Å². The number of nitrogen functional groups attached to an aromatic ring is 1. The van der Waals surface area contributed by atoms with E-state index in [0.29, 0.717) is 21.5 Å². The van der Waals surface area contributed by atoms with Crippen molar-refractivity contribution in [1.29, 1.82) is 0 Å². The van der Waals surface area contributed by atoms with Gasteiger partial charge < -0.3 is 5.73 Å². The second-order valence-electron chi connectivity index (χ2n) is 4.16. The fourth-order valence-corrected chi connectivity index (χ4v) is 2.62. The van der Waals surface area contributed by atoms with Crippen molar-refractivity contribution < 1.29 is 4.39 Å². The maximum atomic E-state index is 13.2. The van der Waals surface area contributed by atoms with Crippen molar-refractivity contribution in [2.75, 3.05) is 5.73 Å². The van der Waals surface area contributed by atoms with Crippen molar-refractivity contribution in [2.24, 2.45) is 0 Å². The molecule has 2 heterocycles. The Kier molecular flexibility index (Phi) is 2.79. The molecule has 19 heavy (non-hydrogen) atoms. The summed E-state index contributed by atoms with van der Waals surface area (Å²) in [6.45, 7) is 0.210. The van der Waals surface area contributed by atoms with Crippen molar-refractivity contribution in [3.8, 4) is 0 Å². The molecule has 0 aliphatic heterocycles. The summed E-state index contributed by atoms with van der Waals surface area (Å²) < 4.78 is 14.6. The van der Waals surface area contributed by atoms with Crippen LogP contribution in [0.25, 0.3) is 10.2 Å².